The predicted octanol–water partition coefficient (Wildman–Crippen LogP) is 2.09. The van der Waals surface area contributed by atoms with E-state index in [-0.39, 0.29) is 0 Å². The highest BCUT2D eigenvalue weighted by Crippen LogP contribution is 2.32. The van der Waals surface area contributed by atoms with Crippen LogP contribution in [-0.2, 0) is 13.1 Å². The Balaban J connectivity index is 2.33. The number of nitrogens with one attached hydrogen (secondary N) is 1. The van der Waals surface area contributed by atoms with Gasteiger partial charge in [-0.2, -0.15) is 0 Å². The van der Waals surface area contributed by atoms with Crippen molar-refractivity contribution >= 4 is 0 Å². The van der Waals surface area contributed by atoms with Gasteiger partial charge in [-0.05, 0) is 37.1 Å². The Morgan fingerprint density at radius 2 is 1.47 bits per heavy atom. The van der Waals surface area contributed by atoms with Crippen LogP contribution in [-0.4, -0.2) is 13.2 Å². The van der Waals surface area contributed by atoms with Crippen molar-refractivity contribution in [3.63, 3.8) is 0 Å². The van der Waals surface area contributed by atoms with E-state index >= 15 is 0 Å². The molecule has 0 atom stereocenters. The molecular formula is C12H17NO2. The first kappa shape index (κ1) is 10.3. The van der Waals surface area contributed by atoms with Crippen molar-refractivity contribution in [1.82, 2.24) is 5.32 Å². The Bertz CT molecular complexity index is 317. The Kier molecular flexibility index (Phi) is 3.11. The highest BCUT2D eigenvalue weighted by atomic mass is 16.5. The maximum absolute atomic E-state index is 5.56. The summed E-state index contributed by atoms with van der Waals surface area (Å²) in [4.78, 5) is 0. The van der Waals surface area contributed by atoms with Crippen LogP contribution in [0.3, 0.4) is 0 Å². The molecule has 0 saturated carbocycles. The van der Waals surface area contributed by atoms with E-state index in [1.54, 1.807) is 0 Å². The highest BCUT2D eigenvalue weighted by Gasteiger charge is 2.15. The number of hydrogen-bond donors (Lipinski definition) is 1. The van der Waals surface area contributed by atoms with Crippen molar-refractivity contribution < 1.29 is 9.47 Å². The second-order valence-electron chi connectivity index (χ2n) is 3.54. The fourth-order valence-electron chi connectivity index (χ4n) is 1.84. The van der Waals surface area contributed by atoms with E-state index in [2.05, 4.69) is 17.4 Å². The van der Waals surface area contributed by atoms with Crippen LogP contribution in [0, 0.1) is 0 Å². The van der Waals surface area contributed by atoms with Gasteiger partial charge in [0.15, 0.2) is 11.5 Å². The zero-order chi connectivity index (χ0) is 10.7. The molecule has 0 aliphatic carbocycles. The second-order valence-corrected chi connectivity index (χ2v) is 3.54. The molecule has 1 heterocycles. The van der Waals surface area contributed by atoms with Gasteiger partial charge >= 0.3 is 0 Å². The molecule has 3 heteroatoms. The fraction of sp³-hybridized carbons (Fsp3) is 0.500. The molecule has 1 aromatic rings. The minimum Gasteiger partial charge on any atom is -0.490 e. The summed E-state index contributed by atoms with van der Waals surface area (Å²) in [6, 6.07) is 4.17. The van der Waals surface area contributed by atoms with E-state index in [4.69, 9.17) is 9.47 Å². The molecule has 0 unspecified atom stereocenters. The molecule has 1 aliphatic heterocycles. The van der Waals surface area contributed by atoms with Crippen LogP contribution in [0.15, 0.2) is 12.1 Å². The maximum Gasteiger partial charge on any atom is 0.161 e. The summed E-state index contributed by atoms with van der Waals surface area (Å²) < 4.78 is 11.1. The van der Waals surface area contributed by atoms with Crippen LogP contribution in [0.5, 0.6) is 11.5 Å². The third kappa shape index (κ3) is 2.07. The van der Waals surface area contributed by atoms with Crippen LogP contribution in [0.1, 0.15) is 25.0 Å². The smallest absolute Gasteiger partial charge is 0.161 e. The number of fused-ring (bicyclic) bond motifs is 1. The van der Waals surface area contributed by atoms with Crippen LogP contribution in [0.4, 0.5) is 0 Å². The van der Waals surface area contributed by atoms with Gasteiger partial charge in [0.2, 0.25) is 0 Å². The van der Waals surface area contributed by atoms with Crippen LogP contribution in [0.25, 0.3) is 0 Å². The van der Waals surface area contributed by atoms with E-state index in [1.807, 2.05) is 13.8 Å². The molecule has 0 saturated heterocycles. The highest BCUT2D eigenvalue weighted by molar-refractivity contribution is 5.48. The minimum absolute atomic E-state index is 0.673. The van der Waals surface area contributed by atoms with Gasteiger partial charge in [0.1, 0.15) is 0 Å². The van der Waals surface area contributed by atoms with Crippen molar-refractivity contribution in [2.45, 2.75) is 26.9 Å². The molecule has 0 bridgehead atoms. The van der Waals surface area contributed by atoms with E-state index < -0.39 is 0 Å². The SMILES string of the molecule is CCOc1cc2c(cc1OCC)CNC2. The molecule has 1 N–H and O–H groups in total. The van der Waals surface area contributed by atoms with E-state index in [0.29, 0.717) is 13.2 Å². The molecule has 82 valence electrons. The van der Waals surface area contributed by atoms with Gasteiger partial charge in [0, 0.05) is 13.1 Å². The Labute approximate surface area is 90.4 Å². The summed E-state index contributed by atoms with van der Waals surface area (Å²) in [5.74, 6) is 1.73. The zero-order valence-electron chi connectivity index (χ0n) is 9.30. The summed E-state index contributed by atoms with van der Waals surface area (Å²) in [6.45, 7) is 7.19. The lowest BCUT2D eigenvalue weighted by molar-refractivity contribution is 0.287. The van der Waals surface area contributed by atoms with E-state index in [9.17, 15) is 0 Å². The molecule has 0 aromatic heterocycles. The van der Waals surface area contributed by atoms with Crippen LogP contribution in [0.2, 0.25) is 0 Å². The van der Waals surface area contributed by atoms with E-state index in [1.165, 1.54) is 11.1 Å². The largest absolute Gasteiger partial charge is 0.490 e. The molecule has 3 nitrogen and oxygen atoms in total. The van der Waals surface area contributed by atoms with E-state index in [0.717, 1.165) is 24.6 Å². The molecule has 0 radical (unpaired) electrons. The molecule has 0 spiro atoms. The lowest BCUT2D eigenvalue weighted by Gasteiger charge is -2.12. The molecular weight excluding hydrogens is 190 g/mol. The number of rotatable bonds is 4. The van der Waals surface area contributed by atoms with Gasteiger partial charge in [-0.1, -0.05) is 0 Å². The van der Waals surface area contributed by atoms with Crippen LogP contribution < -0.4 is 14.8 Å². The van der Waals surface area contributed by atoms with Crippen molar-refractivity contribution in [2.24, 2.45) is 0 Å². The summed E-state index contributed by atoms with van der Waals surface area (Å²) in [7, 11) is 0. The fourth-order valence-corrected chi connectivity index (χ4v) is 1.84. The van der Waals surface area contributed by atoms with Crippen molar-refractivity contribution in [3.05, 3.63) is 23.3 Å². The molecule has 0 fully saturated rings. The quantitative estimate of drug-likeness (QED) is 0.820. The average Bonchev–Trinajstić information content (AvgIpc) is 2.66. The summed E-state index contributed by atoms with van der Waals surface area (Å²) in [6.07, 6.45) is 0. The van der Waals surface area contributed by atoms with Gasteiger partial charge in [-0.25, -0.2) is 0 Å². The molecule has 2 rings (SSSR count). The standard InChI is InChI=1S/C12H17NO2/c1-3-14-11-5-9-7-13-8-10(9)6-12(11)15-4-2/h5-6,13H,3-4,7-8H2,1-2H3. The summed E-state index contributed by atoms with van der Waals surface area (Å²) >= 11 is 0. The normalized spacial score (nSPS) is 13.7. The van der Waals surface area contributed by atoms with Crippen molar-refractivity contribution in [1.29, 1.82) is 0 Å². The lowest BCUT2D eigenvalue weighted by Crippen LogP contribution is -1.99. The molecule has 15 heavy (non-hydrogen) atoms. The second kappa shape index (κ2) is 4.53. The summed E-state index contributed by atoms with van der Waals surface area (Å²) in [5, 5.41) is 3.32. The van der Waals surface area contributed by atoms with Gasteiger partial charge in [-0.15, -0.1) is 0 Å². The molecule has 1 aromatic carbocycles. The average molecular weight is 207 g/mol. The maximum atomic E-state index is 5.56. The van der Waals surface area contributed by atoms with Gasteiger partial charge in [0.05, 0.1) is 13.2 Å². The number of ether oxygens (including phenoxy) is 2. The zero-order valence-corrected chi connectivity index (χ0v) is 9.30. The number of benzene rings is 1. The van der Waals surface area contributed by atoms with Crippen molar-refractivity contribution in [2.75, 3.05) is 13.2 Å². The number of hydrogen-bond acceptors (Lipinski definition) is 3. The Morgan fingerprint density at radius 3 is 1.87 bits per heavy atom. The summed E-state index contributed by atoms with van der Waals surface area (Å²) in [5.41, 5.74) is 2.64. The Morgan fingerprint density at radius 1 is 1.00 bits per heavy atom. The predicted molar refractivity (Wildman–Crippen MR) is 59.3 cm³/mol. The van der Waals surface area contributed by atoms with Crippen LogP contribution >= 0.6 is 0 Å². The van der Waals surface area contributed by atoms with Gasteiger partial charge in [0.25, 0.3) is 0 Å². The minimum atomic E-state index is 0.673. The van der Waals surface area contributed by atoms with Gasteiger partial charge in [-0.3, -0.25) is 0 Å². The first-order valence-corrected chi connectivity index (χ1v) is 5.47. The third-order valence-corrected chi connectivity index (χ3v) is 2.50. The van der Waals surface area contributed by atoms with Gasteiger partial charge < -0.3 is 14.8 Å². The molecule has 1 aliphatic rings. The monoisotopic (exact) mass is 207 g/mol. The lowest BCUT2D eigenvalue weighted by atomic mass is 10.1. The topological polar surface area (TPSA) is 30.5 Å². The molecule has 0 amide bonds. The Hall–Kier alpha value is -1.22. The first-order chi connectivity index (χ1) is 7.35. The van der Waals surface area contributed by atoms with Crippen molar-refractivity contribution in [3.8, 4) is 11.5 Å². The third-order valence-electron chi connectivity index (χ3n) is 2.50. The first-order valence-electron chi connectivity index (χ1n) is 5.47.